The fraction of sp³-hybridized carbons (Fsp3) is 0.857. The summed E-state index contributed by atoms with van der Waals surface area (Å²) in [6.07, 6.45) is 4.80. The van der Waals surface area contributed by atoms with Crippen molar-refractivity contribution < 1.29 is 24.9 Å². The van der Waals surface area contributed by atoms with Crippen molar-refractivity contribution in [2.75, 3.05) is 0 Å². The molecule has 0 aromatic heterocycles. The number of hydrogen-bond donors (Lipinski definition) is 3. The van der Waals surface area contributed by atoms with Gasteiger partial charge in [-0.3, -0.25) is 4.79 Å². The Labute approximate surface area is 155 Å². The van der Waals surface area contributed by atoms with Crippen LogP contribution < -0.4 is 0 Å². The minimum absolute atomic E-state index is 0.0813. The van der Waals surface area contributed by atoms with Crippen molar-refractivity contribution in [3.8, 4) is 0 Å². The summed E-state index contributed by atoms with van der Waals surface area (Å²) in [7, 11) is 0. The van der Waals surface area contributed by atoms with Gasteiger partial charge in [0.2, 0.25) is 0 Å². The van der Waals surface area contributed by atoms with Crippen molar-refractivity contribution in [2.45, 2.75) is 83.7 Å². The molecule has 0 bridgehead atoms. The van der Waals surface area contributed by atoms with Crippen LogP contribution in [0, 0.1) is 28.6 Å². The molecular formula is C21H32O5. The quantitative estimate of drug-likeness (QED) is 0.490. The van der Waals surface area contributed by atoms with Crippen LogP contribution in [0.2, 0.25) is 0 Å². The normalized spacial score (nSPS) is 53.2. The first kappa shape index (κ1) is 18.5. The smallest absolute Gasteiger partial charge is 0.303 e. The molecular weight excluding hydrogens is 332 g/mol. The monoisotopic (exact) mass is 364 g/mol. The van der Waals surface area contributed by atoms with Crippen molar-refractivity contribution in [1.29, 1.82) is 0 Å². The first-order valence-corrected chi connectivity index (χ1v) is 10.1. The van der Waals surface area contributed by atoms with Gasteiger partial charge in [-0.2, -0.15) is 0 Å². The Morgan fingerprint density at radius 2 is 1.85 bits per heavy atom. The maximum atomic E-state index is 11.6. The molecule has 4 aliphatic rings. The highest BCUT2D eigenvalue weighted by molar-refractivity contribution is 5.66. The molecule has 3 saturated carbocycles. The molecule has 146 valence electrons. The molecule has 26 heavy (non-hydrogen) atoms. The van der Waals surface area contributed by atoms with E-state index in [-0.39, 0.29) is 16.8 Å². The third kappa shape index (κ3) is 2.43. The molecule has 0 spiro atoms. The highest BCUT2D eigenvalue weighted by atomic mass is 16.6. The van der Waals surface area contributed by atoms with E-state index in [1.54, 1.807) is 0 Å². The summed E-state index contributed by atoms with van der Waals surface area (Å²) < 4.78 is 5.52. The number of hydrogen-bond acceptors (Lipinski definition) is 5. The Balaban J connectivity index is 1.69. The Hall–Kier alpha value is -0.910. The largest absolute Gasteiger partial charge is 0.455 e. The molecule has 0 aromatic rings. The van der Waals surface area contributed by atoms with Gasteiger partial charge in [0.25, 0.3) is 0 Å². The third-order valence-electron chi connectivity index (χ3n) is 8.41. The van der Waals surface area contributed by atoms with Gasteiger partial charge in [-0.1, -0.05) is 19.9 Å². The summed E-state index contributed by atoms with van der Waals surface area (Å²) in [6, 6.07) is 0. The van der Waals surface area contributed by atoms with Gasteiger partial charge in [0.05, 0.1) is 18.3 Å². The van der Waals surface area contributed by atoms with Crippen LogP contribution in [0.4, 0.5) is 0 Å². The topological polar surface area (TPSA) is 87.0 Å². The maximum Gasteiger partial charge on any atom is 0.303 e. The molecule has 3 fully saturated rings. The van der Waals surface area contributed by atoms with Gasteiger partial charge < -0.3 is 20.1 Å². The average Bonchev–Trinajstić information content (AvgIpc) is 2.81. The molecule has 5 nitrogen and oxygen atoms in total. The number of aliphatic hydroxyl groups is 3. The number of allylic oxidation sites excluding steroid dienone is 1. The van der Waals surface area contributed by atoms with E-state index >= 15 is 0 Å². The molecule has 4 aliphatic carbocycles. The van der Waals surface area contributed by atoms with E-state index in [0.717, 1.165) is 31.3 Å². The van der Waals surface area contributed by atoms with Crippen LogP contribution in [0.3, 0.4) is 0 Å². The average molecular weight is 364 g/mol. The summed E-state index contributed by atoms with van der Waals surface area (Å²) in [5.74, 6) is 0.852. The zero-order valence-electron chi connectivity index (χ0n) is 16.0. The van der Waals surface area contributed by atoms with Gasteiger partial charge in [0.1, 0.15) is 6.10 Å². The van der Waals surface area contributed by atoms with E-state index in [1.807, 2.05) is 0 Å². The molecule has 0 unspecified atom stereocenters. The zero-order valence-corrected chi connectivity index (χ0v) is 16.0. The Morgan fingerprint density at radius 1 is 1.12 bits per heavy atom. The first-order chi connectivity index (χ1) is 12.2. The van der Waals surface area contributed by atoms with Crippen LogP contribution in [0.1, 0.15) is 59.3 Å². The SMILES string of the molecule is CC(=O)O[C@@H]1C2=CC[C@H]3[C@@H]4C[C@H](O)[C@H](O)[C@@]4(C)CC[C@@H]3[C@@]2(C)CC[C@@H]1O. The van der Waals surface area contributed by atoms with Gasteiger partial charge >= 0.3 is 5.97 Å². The van der Waals surface area contributed by atoms with Gasteiger partial charge in [-0.15, -0.1) is 0 Å². The minimum atomic E-state index is -0.631. The van der Waals surface area contributed by atoms with Crippen LogP contribution in [0.5, 0.6) is 0 Å². The molecule has 0 radical (unpaired) electrons. The van der Waals surface area contributed by atoms with E-state index < -0.39 is 24.4 Å². The van der Waals surface area contributed by atoms with Crippen molar-refractivity contribution in [3.05, 3.63) is 11.6 Å². The Kier molecular flexibility index (Phi) is 4.29. The first-order valence-electron chi connectivity index (χ1n) is 10.1. The second-order valence-electron chi connectivity index (χ2n) is 9.62. The van der Waals surface area contributed by atoms with Crippen LogP contribution >= 0.6 is 0 Å². The Bertz CT molecular complexity index is 630. The number of ether oxygens (including phenoxy) is 1. The number of fused-ring (bicyclic) bond motifs is 5. The summed E-state index contributed by atoms with van der Waals surface area (Å²) in [5, 5.41) is 31.3. The number of carbonyl (C=O) groups is 1. The predicted molar refractivity (Wildman–Crippen MR) is 96.0 cm³/mol. The minimum Gasteiger partial charge on any atom is -0.455 e. The number of esters is 1. The molecule has 0 heterocycles. The molecule has 3 N–H and O–H groups in total. The second kappa shape index (κ2) is 6.05. The zero-order chi connectivity index (χ0) is 18.9. The van der Waals surface area contributed by atoms with E-state index in [2.05, 4.69) is 19.9 Å². The molecule has 0 aliphatic heterocycles. The highest BCUT2D eigenvalue weighted by Gasteiger charge is 2.61. The van der Waals surface area contributed by atoms with E-state index in [9.17, 15) is 20.1 Å². The van der Waals surface area contributed by atoms with E-state index in [1.165, 1.54) is 6.92 Å². The van der Waals surface area contributed by atoms with Gasteiger partial charge in [0.15, 0.2) is 0 Å². The number of carbonyl (C=O) groups excluding carboxylic acids is 1. The van der Waals surface area contributed by atoms with E-state index in [0.29, 0.717) is 30.6 Å². The van der Waals surface area contributed by atoms with Crippen molar-refractivity contribution >= 4 is 5.97 Å². The molecule has 0 amide bonds. The summed E-state index contributed by atoms with van der Waals surface area (Å²) in [4.78, 5) is 11.6. The standard InChI is InChI=1S/C21H32O5/c1-11(22)26-18-14-5-4-12-13(20(14,2)9-7-16(18)23)6-8-21(3)15(12)10-17(24)19(21)25/h5,12-13,15-19,23-25H,4,6-10H2,1-3H3/t12-,13+,15+,16+,17+,18-,19+,20-,21+/m1/s1. The highest BCUT2D eigenvalue weighted by Crippen LogP contribution is 2.65. The number of rotatable bonds is 1. The fourth-order valence-electron chi connectivity index (χ4n) is 7.00. The lowest BCUT2D eigenvalue weighted by atomic mass is 9.47. The van der Waals surface area contributed by atoms with E-state index in [4.69, 9.17) is 4.74 Å². The number of aliphatic hydroxyl groups excluding tert-OH is 3. The molecule has 0 saturated heterocycles. The lowest BCUT2D eigenvalue weighted by Crippen LogP contribution is -2.54. The third-order valence-corrected chi connectivity index (χ3v) is 8.41. The predicted octanol–water partition coefficient (Wildman–Crippen LogP) is 2.18. The molecule has 9 atom stereocenters. The fourth-order valence-corrected chi connectivity index (χ4v) is 7.00. The van der Waals surface area contributed by atoms with Crippen LogP contribution in [0.25, 0.3) is 0 Å². The lowest BCUT2D eigenvalue weighted by molar-refractivity contribution is -0.155. The van der Waals surface area contributed by atoms with Crippen LogP contribution in [-0.2, 0) is 9.53 Å². The van der Waals surface area contributed by atoms with Crippen molar-refractivity contribution in [3.63, 3.8) is 0 Å². The summed E-state index contributed by atoms with van der Waals surface area (Å²) >= 11 is 0. The maximum absolute atomic E-state index is 11.6. The second-order valence-corrected chi connectivity index (χ2v) is 9.62. The molecule has 0 aromatic carbocycles. The molecule has 4 rings (SSSR count). The van der Waals surface area contributed by atoms with Gasteiger partial charge in [-0.25, -0.2) is 0 Å². The molecule has 5 heteroatoms. The van der Waals surface area contributed by atoms with Gasteiger partial charge in [-0.05, 0) is 72.7 Å². The van der Waals surface area contributed by atoms with Crippen LogP contribution in [0.15, 0.2) is 11.6 Å². The van der Waals surface area contributed by atoms with Crippen molar-refractivity contribution in [2.24, 2.45) is 28.6 Å². The Morgan fingerprint density at radius 3 is 2.54 bits per heavy atom. The summed E-state index contributed by atoms with van der Waals surface area (Å²) in [5.41, 5.74) is 0.809. The lowest BCUT2D eigenvalue weighted by Gasteiger charge is -2.58. The van der Waals surface area contributed by atoms with Crippen molar-refractivity contribution in [1.82, 2.24) is 0 Å². The van der Waals surface area contributed by atoms with Crippen LogP contribution in [-0.4, -0.2) is 45.7 Å². The summed E-state index contributed by atoms with van der Waals surface area (Å²) in [6.45, 7) is 5.81. The van der Waals surface area contributed by atoms with Gasteiger partial charge in [0, 0.05) is 6.92 Å².